The molecule has 2 atom stereocenters. The van der Waals surface area contributed by atoms with Gasteiger partial charge >= 0.3 is 0 Å². The van der Waals surface area contributed by atoms with Crippen LogP contribution in [0.15, 0.2) is 24.3 Å². The van der Waals surface area contributed by atoms with Crippen molar-refractivity contribution in [1.82, 2.24) is 5.32 Å². The summed E-state index contributed by atoms with van der Waals surface area (Å²) in [7, 11) is 2.05. The van der Waals surface area contributed by atoms with Gasteiger partial charge in [0.05, 0.1) is 0 Å². The molecule has 1 saturated carbocycles. The molecule has 1 aromatic carbocycles. The third-order valence-electron chi connectivity index (χ3n) is 4.02. The molecule has 0 heterocycles. The predicted octanol–water partition coefficient (Wildman–Crippen LogP) is 3.54. The van der Waals surface area contributed by atoms with Crippen LogP contribution in [0.1, 0.15) is 37.7 Å². The molecule has 1 aliphatic rings. The Morgan fingerprint density at radius 1 is 1.24 bits per heavy atom. The first-order valence-corrected chi connectivity index (χ1v) is 6.72. The first kappa shape index (κ1) is 12.6. The minimum absolute atomic E-state index is 0.0516. The van der Waals surface area contributed by atoms with E-state index in [-0.39, 0.29) is 5.82 Å². The fraction of sp³-hybridized carbons (Fsp3) is 0.600. The quantitative estimate of drug-likeness (QED) is 0.841. The van der Waals surface area contributed by atoms with Gasteiger partial charge in [-0.15, -0.1) is 0 Å². The van der Waals surface area contributed by atoms with Crippen LogP contribution >= 0.6 is 0 Å². The van der Waals surface area contributed by atoms with E-state index in [4.69, 9.17) is 0 Å². The average Bonchev–Trinajstić information content (AvgIpc) is 2.38. The summed E-state index contributed by atoms with van der Waals surface area (Å²) in [5.41, 5.74) is 0.868. The Bertz CT molecular complexity index is 351. The Hall–Kier alpha value is -0.890. The fourth-order valence-corrected chi connectivity index (χ4v) is 2.98. The topological polar surface area (TPSA) is 12.0 Å². The highest BCUT2D eigenvalue weighted by Crippen LogP contribution is 2.28. The van der Waals surface area contributed by atoms with Crippen LogP contribution in [0.2, 0.25) is 0 Å². The van der Waals surface area contributed by atoms with Crippen molar-refractivity contribution in [2.45, 2.75) is 44.6 Å². The van der Waals surface area contributed by atoms with Crippen molar-refractivity contribution in [3.05, 3.63) is 35.6 Å². The zero-order chi connectivity index (χ0) is 12.1. The molecule has 2 unspecified atom stereocenters. The zero-order valence-corrected chi connectivity index (χ0v) is 10.6. The Labute approximate surface area is 103 Å². The SMILES string of the molecule is CNC1CCCCC1CCc1ccccc1F. The molecule has 17 heavy (non-hydrogen) atoms. The highest BCUT2D eigenvalue weighted by molar-refractivity contribution is 5.17. The van der Waals surface area contributed by atoms with Gasteiger partial charge < -0.3 is 5.32 Å². The van der Waals surface area contributed by atoms with Crippen molar-refractivity contribution in [3.63, 3.8) is 0 Å². The van der Waals surface area contributed by atoms with Gasteiger partial charge in [0.2, 0.25) is 0 Å². The summed E-state index contributed by atoms with van der Waals surface area (Å²) < 4.78 is 13.5. The van der Waals surface area contributed by atoms with Crippen molar-refractivity contribution in [1.29, 1.82) is 0 Å². The first-order valence-electron chi connectivity index (χ1n) is 6.72. The van der Waals surface area contributed by atoms with E-state index in [0.29, 0.717) is 12.0 Å². The molecule has 1 N–H and O–H groups in total. The molecule has 0 saturated heterocycles. The van der Waals surface area contributed by atoms with Gasteiger partial charge in [0, 0.05) is 6.04 Å². The maximum Gasteiger partial charge on any atom is 0.126 e. The second-order valence-corrected chi connectivity index (χ2v) is 5.07. The summed E-state index contributed by atoms with van der Waals surface area (Å²) in [4.78, 5) is 0. The zero-order valence-electron chi connectivity index (χ0n) is 10.6. The Balaban J connectivity index is 1.90. The molecule has 94 valence electrons. The summed E-state index contributed by atoms with van der Waals surface area (Å²) in [5.74, 6) is 0.665. The Morgan fingerprint density at radius 3 is 2.76 bits per heavy atom. The van der Waals surface area contributed by atoms with Crippen LogP contribution in [0.25, 0.3) is 0 Å². The number of rotatable bonds is 4. The van der Waals surface area contributed by atoms with Gasteiger partial charge in [-0.05, 0) is 50.3 Å². The molecule has 0 spiro atoms. The minimum Gasteiger partial charge on any atom is -0.317 e. The van der Waals surface area contributed by atoms with Gasteiger partial charge in [-0.25, -0.2) is 4.39 Å². The first-order chi connectivity index (χ1) is 8.31. The van der Waals surface area contributed by atoms with Crippen molar-refractivity contribution >= 4 is 0 Å². The largest absolute Gasteiger partial charge is 0.317 e. The molecule has 2 rings (SSSR count). The lowest BCUT2D eigenvalue weighted by Crippen LogP contribution is -2.36. The average molecular weight is 235 g/mol. The molecule has 1 aromatic rings. The van der Waals surface area contributed by atoms with E-state index < -0.39 is 0 Å². The predicted molar refractivity (Wildman–Crippen MR) is 69.5 cm³/mol. The Morgan fingerprint density at radius 2 is 2.00 bits per heavy atom. The van der Waals surface area contributed by atoms with E-state index in [1.807, 2.05) is 19.2 Å². The smallest absolute Gasteiger partial charge is 0.126 e. The fourth-order valence-electron chi connectivity index (χ4n) is 2.98. The van der Waals surface area contributed by atoms with Crippen molar-refractivity contribution in [2.75, 3.05) is 7.05 Å². The monoisotopic (exact) mass is 235 g/mol. The van der Waals surface area contributed by atoms with Crippen LogP contribution in [0.3, 0.4) is 0 Å². The maximum absolute atomic E-state index is 13.5. The third kappa shape index (κ3) is 3.29. The second kappa shape index (κ2) is 6.15. The van der Waals surface area contributed by atoms with Gasteiger partial charge in [-0.3, -0.25) is 0 Å². The molecular weight excluding hydrogens is 213 g/mol. The summed E-state index contributed by atoms with van der Waals surface area (Å²) in [6.07, 6.45) is 7.21. The molecule has 0 amide bonds. The van der Waals surface area contributed by atoms with Crippen LogP contribution in [-0.4, -0.2) is 13.1 Å². The normalized spacial score (nSPS) is 24.8. The third-order valence-corrected chi connectivity index (χ3v) is 4.02. The van der Waals surface area contributed by atoms with Crippen molar-refractivity contribution in [2.24, 2.45) is 5.92 Å². The second-order valence-electron chi connectivity index (χ2n) is 5.07. The summed E-state index contributed by atoms with van der Waals surface area (Å²) >= 11 is 0. The van der Waals surface area contributed by atoms with E-state index in [2.05, 4.69) is 5.32 Å². The van der Waals surface area contributed by atoms with E-state index >= 15 is 0 Å². The number of hydrogen-bond acceptors (Lipinski definition) is 1. The highest BCUT2D eigenvalue weighted by atomic mass is 19.1. The van der Waals surface area contributed by atoms with Crippen LogP contribution in [-0.2, 0) is 6.42 Å². The van der Waals surface area contributed by atoms with Crippen molar-refractivity contribution < 1.29 is 4.39 Å². The molecule has 1 nitrogen and oxygen atoms in total. The Kier molecular flexibility index (Phi) is 4.55. The molecular formula is C15H22FN. The van der Waals surface area contributed by atoms with E-state index in [0.717, 1.165) is 18.4 Å². The molecule has 2 heteroatoms. The summed E-state index contributed by atoms with van der Waals surface area (Å²) in [6.45, 7) is 0. The lowest BCUT2D eigenvalue weighted by Gasteiger charge is -2.31. The van der Waals surface area contributed by atoms with Gasteiger partial charge in [-0.2, -0.15) is 0 Å². The molecule has 0 bridgehead atoms. The molecule has 0 aliphatic heterocycles. The lowest BCUT2D eigenvalue weighted by atomic mass is 9.81. The number of hydrogen-bond donors (Lipinski definition) is 1. The van der Waals surface area contributed by atoms with Gasteiger partial charge in [0.1, 0.15) is 5.82 Å². The van der Waals surface area contributed by atoms with E-state index in [1.165, 1.54) is 25.7 Å². The number of aryl methyl sites for hydroxylation is 1. The van der Waals surface area contributed by atoms with Gasteiger partial charge in [0.25, 0.3) is 0 Å². The number of nitrogens with one attached hydrogen (secondary N) is 1. The van der Waals surface area contributed by atoms with Crippen LogP contribution in [0, 0.1) is 11.7 Å². The number of benzene rings is 1. The summed E-state index contributed by atoms with van der Waals surface area (Å²) in [6, 6.07) is 7.79. The van der Waals surface area contributed by atoms with Crippen LogP contribution in [0.4, 0.5) is 4.39 Å². The van der Waals surface area contributed by atoms with Crippen molar-refractivity contribution in [3.8, 4) is 0 Å². The van der Waals surface area contributed by atoms with E-state index in [1.54, 1.807) is 12.1 Å². The standard InChI is InChI=1S/C15H22FN/c1-17-15-9-5-3-7-13(15)11-10-12-6-2-4-8-14(12)16/h2,4,6,8,13,15,17H,3,5,7,9-11H2,1H3. The minimum atomic E-state index is -0.0516. The lowest BCUT2D eigenvalue weighted by molar-refractivity contribution is 0.260. The van der Waals surface area contributed by atoms with Gasteiger partial charge in [0.15, 0.2) is 0 Å². The highest BCUT2D eigenvalue weighted by Gasteiger charge is 2.23. The summed E-state index contributed by atoms with van der Waals surface area (Å²) in [5, 5.41) is 3.41. The van der Waals surface area contributed by atoms with E-state index in [9.17, 15) is 4.39 Å². The molecule has 0 radical (unpaired) electrons. The van der Waals surface area contributed by atoms with Crippen LogP contribution < -0.4 is 5.32 Å². The maximum atomic E-state index is 13.5. The molecule has 0 aromatic heterocycles. The van der Waals surface area contributed by atoms with Crippen LogP contribution in [0.5, 0.6) is 0 Å². The van der Waals surface area contributed by atoms with Gasteiger partial charge in [-0.1, -0.05) is 31.0 Å². The number of halogens is 1. The molecule has 1 fully saturated rings. The molecule has 1 aliphatic carbocycles.